The number of hydrogen-bond donors (Lipinski definition) is 3. The molecule has 164 valence electrons. The number of rotatable bonds is 5. The van der Waals surface area contributed by atoms with Crippen LogP contribution in [0.4, 0.5) is 10.5 Å². The second kappa shape index (κ2) is 10.2. The number of aliphatic hydroxyl groups excluding tert-OH is 1. The second-order valence-corrected chi connectivity index (χ2v) is 9.20. The van der Waals surface area contributed by atoms with Crippen LogP contribution in [-0.4, -0.2) is 60.5 Å². The van der Waals surface area contributed by atoms with Gasteiger partial charge in [0, 0.05) is 23.9 Å². The van der Waals surface area contributed by atoms with Gasteiger partial charge in [0.05, 0.1) is 6.54 Å². The standard InChI is InChI=1S/C18H22N2O7S.C2H4/c1-12(21)4-5-13-6-8-14(9-7-13)20-11-15(27-17(20)23)10-18(2,16(22)19-24)28(3,25)26;1-2/h6-9,12,15,21,24H,10-11H2,1-3H3,(H,19,22);1-2H2/t12?,15?,18-;/m1./s1. The zero-order valence-corrected chi connectivity index (χ0v) is 17.9. The van der Waals surface area contributed by atoms with Gasteiger partial charge in [-0.2, -0.15) is 0 Å². The molecule has 1 fully saturated rings. The molecule has 3 N–H and O–H groups in total. The highest BCUT2D eigenvalue weighted by atomic mass is 32.2. The summed E-state index contributed by atoms with van der Waals surface area (Å²) in [5, 5.41) is 18.1. The van der Waals surface area contributed by atoms with Crippen molar-refractivity contribution in [2.45, 2.75) is 37.2 Å². The van der Waals surface area contributed by atoms with Crippen LogP contribution in [0.3, 0.4) is 0 Å². The first-order valence-corrected chi connectivity index (χ1v) is 10.8. The number of hydrogen-bond acceptors (Lipinski definition) is 7. The Kier molecular flexibility index (Phi) is 8.60. The molecule has 1 aliphatic rings. The minimum absolute atomic E-state index is 0.0430. The van der Waals surface area contributed by atoms with Gasteiger partial charge in [0.25, 0.3) is 5.91 Å². The number of sulfone groups is 1. The lowest BCUT2D eigenvalue weighted by Gasteiger charge is -2.26. The number of nitrogens with one attached hydrogen (secondary N) is 1. The van der Waals surface area contributed by atoms with E-state index in [-0.39, 0.29) is 13.0 Å². The Labute approximate surface area is 176 Å². The number of benzene rings is 1. The van der Waals surface area contributed by atoms with Crippen LogP contribution in [0.1, 0.15) is 25.8 Å². The van der Waals surface area contributed by atoms with Crippen molar-refractivity contribution in [2.24, 2.45) is 0 Å². The molecule has 2 rings (SSSR count). The van der Waals surface area contributed by atoms with E-state index in [0.717, 1.165) is 6.26 Å². The highest BCUT2D eigenvalue weighted by molar-refractivity contribution is 7.92. The largest absolute Gasteiger partial charge is 0.444 e. The lowest BCUT2D eigenvalue weighted by Crippen LogP contribution is -2.51. The SMILES string of the molecule is C=C.CC(O)C#Cc1ccc(N2CC(C[C@](C)(C(=O)NO)S(C)(=O)=O)OC2=O)cc1. The molecule has 3 atom stereocenters. The van der Waals surface area contributed by atoms with Crippen molar-refractivity contribution in [3.05, 3.63) is 43.0 Å². The Hall–Kier alpha value is -2.87. The highest BCUT2D eigenvalue weighted by Crippen LogP contribution is 2.30. The fraction of sp³-hybridized carbons (Fsp3) is 0.400. The van der Waals surface area contributed by atoms with E-state index in [0.29, 0.717) is 11.3 Å². The zero-order chi connectivity index (χ0) is 23.1. The van der Waals surface area contributed by atoms with Crippen molar-refractivity contribution in [3.63, 3.8) is 0 Å². The van der Waals surface area contributed by atoms with E-state index in [9.17, 15) is 23.1 Å². The molecular weight excluding hydrogens is 412 g/mol. The van der Waals surface area contributed by atoms with Crippen molar-refractivity contribution in [3.8, 4) is 11.8 Å². The fourth-order valence-electron chi connectivity index (χ4n) is 2.72. The van der Waals surface area contributed by atoms with E-state index < -0.39 is 38.8 Å². The van der Waals surface area contributed by atoms with Crippen LogP contribution in [0.2, 0.25) is 0 Å². The number of ether oxygens (including phenoxy) is 1. The molecule has 1 aromatic rings. The fourth-order valence-corrected chi connectivity index (χ4v) is 3.59. The smallest absolute Gasteiger partial charge is 0.414 e. The summed E-state index contributed by atoms with van der Waals surface area (Å²) in [6.07, 6.45) is -1.72. The van der Waals surface area contributed by atoms with Crippen molar-refractivity contribution >= 4 is 27.5 Å². The summed E-state index contributed by atoms with van der Waals surface area (Å²) in [5.41, 5.74) is 2.53. The van der Waals surface area contributed by atoms with Gasteiger partial charge in [-0.05, 0) is 38.1 Å². The molecule has 0 radical (unpaired) electrons. The molecule has 30 heavy (non-hydrogen) atoms. The highest BCUT2D eigenvalue weighted by Gasteiger charge is 2.48. The number of cyclic esters (lactones) is 1. The van der Waals surface area contributed by atoms with Gasteiger partial charge < -0.3 is 9.84 Å². The number of aliphatic hydroxyl groups is 1. The van der Waals surface area contributed by atoms with Gasteiger partial charge in [0.1, 0.15) is 12.2 Å². The second-order valence-electron chi connectivity index (χ2n) is 6.76. The van der Waals surface area contributed by atoms with Gasteiger partial charge in [-0.3, -0.25) is 14.9 Å². The molecule has 1 aliphatic heterocycles. The summed E-state index contributed by atoms with van der Waals surface area (Å²) in [6.45, 7) is 8.75. The average molecular weight is 439 g/mol. The molecule has 2 amide bonds. The lowest BCUT2D eigenvalue weighted by atomic mass is 10.0. The van der Waals surface area contributed by atoms with Gasteiger partial charge in [0.2, 0.25) is 0 Å². The van der Waals surface area contributed by atoms with Crippen molar-refractivity contribution in [2.75, 3.05) is 17.7 Å². The molecule has 2 unspecified atom stereocenters. The van der Waals surface area contributed by atoms with Crippen LogP contribution in [0.25, 0.3) is 0 Å². The molecule has 1 aromatic carbocycles. The van der Waals surface area contributed by atoms with E-state index in [2.05, 4.69) is 25.0 Å². The molecule has 0 aliphatic carbocycles. The van der Waals surface area contributed by atoms with Crippen LogP contribution in [0, 0.1) is 11.8 Å². The Balaban J connectivity index is 0.00000218. The predicted molar refractivity (Wildman–Crippen MR) is 112 cm³/mol. The Morgan fingerprint density at radius 1 is 1.40 bits per heavy atom. The number of nitrogens with zero attached hydrogens (tertiary/aromatic N) is 1. The monoisotopic (exact) mass is 438 g/mol. The zero-order valence-electron chi connectivity index (χ0n) is 17.1. The maximum atomic E-state index is 12.2. The van der Waals surface area contributed by atoms with Crippen molar-refractivity contribution in [1.82, 2.24) is 5.48 Å². The first-order chi connectivity index (χ1) is 14.0. The first kappa shape index (κ1) is 25.2. The summed E-state index contributed by atoms with van der Waals surface area (Å²) in [7, 11) is -3.90. The van der Waals surface area contributed by atoms with Crippen molar-refractivity contribution < 1.29 is 33.1 Å². The van der Waals surface area contributed by atoms with Gasteiger partial charge in [-0.1, -0.05) is 11.8 Å². The van der Waals surface area contributed by atoms with Crippen LogP contribution in [0.15, 0.2) is 37.4 Å². The van der Waals surface area contributed by atoms with Gasteiger partial charge in [0.15, 0.2) is 14.6 Å². The van der Waals surface area contributed by atoms with E-state index in [1.165, 1.54) is 17.3 Å². The maximum absolute atomic E-state index is 12.2. The third-order valence-corrected chi connectivity index (χ3v) is 6.48. The molecule has 0 aromatic heterocycles. The Bertz CT molecular complexity index is 932. The summed E-state index contributed by atoms with van der Waals surface area (Å²) < 4.78 is 27.4. The molecule has 10 heteroatoms. The predicted octanol–water partition coefficient (Wildman–Crippen LogP) is 1.25. The Morgan fingerprint density at radius 3 is 2.43 bits per heavy atom. The maximum Gasteiger partial charge on any atom is 0.414 e. The summed E-state index contributed by atoms with van der Waals surface area (Å²) in [5.74, 6) is 4.29. The minimum atomic E-state index is -3.90. The van der Waals surface area contributed by atoms with E-state index in [4.69, 9.17) is 9.94 Å². The van der Waals surface area contributed by atoms with E-state index >= 15 is 0 Å². The normalized spacial score (nSPS) is 18.6. The summed E-state index contributed by atoms with van der Waals surface area (Å²) >= 11 is 0. The minimum Gasteiger partial charge on any atom is -0.444 e. The summed E-state index contributed by atoms with van der Waals surface area (Å²) in [6, 6.07) is 6.63. The topological polar surface area (TPSA) is 133 Å². The molecule has 1 saturated heterocycles. The molecule has 0 bridgehead atoms. The quantitative estimate of drug-likeness (QED) is 0.273. The Morgan fingerprint density at radius 2 is 1.97 bits per heavy atom. The van der Waals surface area contributed by atoms with Crippen LogP contribution >= 0.6 is 0 Å². The van der Waals surface area contributed by atoms with E-state index in [1.54, 1.807) is 31.2 Å². The number of hydroxylamine groups is 1. The number of carbonyl (C=O) groups is 2. The third-order valence-electron chi connectivity index (χ3n) is 4.50. The van der Waals surface area contributed by atoms with Crippen molar-refractivity contribution in [1.29, 1.82) is 0 Å². The summed E-state index contributed by atoms with van der Waals surface area (Å²) in [4.78, 5) is 25.4. The van der Waals surface area contributed by atoms with Gasteiger partial charge >= 0.3 is 6.09 Å². The van der Waals surface area contributed by atoms with Crippen LogP contribution in [-0.2, 0) is 19.4 Å². The number of anilines is 1. The molecule has 0 saturated carbocycles. The molecule has 9 nitrogen and oxygen atoms in total. The third kappa shape index (κ3) is 5.82. The van der Waals surface area contributed by atoms with E-state index in [1.807, 2.05) is 0 Å². The first-order valence-electron chi connectivity index (χ1n) is 8.90. The average Bonchev–Trinajstić information content (AvgIpc) is 3.06. The number of amides is 2. The number of carbonyl (C=O) groups excluding carboxylic acids is 2. The van der Waals surface area contributed by atoms with Crippen LogP contribution < -0.4 is 10.4 Å². The molecule has 0 spiro atoms. The molecular formula is C20H26N2O7S. The lowest BCUT2D eigenvalue weighted by molar-refractivity contribution is -0.132. The van der Waals surface area contributed by atoms with Gasteiger partial charge in [-0.15, -0.1) is 13.2 Å². The van der Waals surface area contributed by atoms with Gasteiger partial charge in [-0.25, -0.2) is 18.7 Å². The molecule has 1 heterocycles. The van der Waals surface area contributed by atoms with Crippen LogP contribution in [0.5, 0.6) is 0 Å².